The van der Waals surface area contributed by atoms with Crippen LogP contribution in [0.5, 0.6) is 0 Å². The molecule has 0 aromatic heterocycles. The third-order valence-electron chi connectivity index (χ3n) is 2.72. The van der Waals surface area contributed by atoms with Crippen LogP contribution in [0.2, 0.25) is 0 Å². The molecule has 0 saturated carbocycles. The Morgan fingerprint density at radius 3 is 2.20 bits per heavy atom. The molecule has 112 valence electrons. The van der Waals surface area contributed by atoms with Gasteiger partial charge in [0.1, 0.15) is 0 Å². The van der Waals surface area contributed by atoms with Crippen molar-refractivity contribution in [2.24, 2.45) is 10.3 Å². The van der Waals surface area contributed by atoms with Gasteiger partial charge in [-0.1, -0.05) is 13.8 Å². The molecular formula is C12H13F3NO3S-. The quantitative estimate of drug-likeness (QED) is 0.632. The van der Waals surface area contributed by atoms with Gasteiger partial charge in [0.15, 0.2) is 0 Å². The maximum absolute atomic E-state index is 12.4. The summed E-state index contributed by atoms with van der Waals surface area (Å²) in [6.45, 7) is 3.22. The molecule has 1 aromatic carbocycles. The molecule has 0 spiro atoms. The minimum Gasteiger partial charge on any atom is -0.861 e. The van der Waals surface area contributed by atoms with Crippen LogP contribution in [-0.4, -0.2) is 14.3 Å². The molecule has 0 N–H and O–H groups in total. The van der Waals surface area contributed by atoms with Gasteiger partial charge in [0.25, 0.3) is 10.0 Å². The van der Waals surface area contributed by atoms with Gasteiger partial charge in [0, 0.05) is 0 Å². The summed E-state index contributed by atoms with van der Waals surface area (Å²) in [5, 5.41) is 11.5. The summed E-state index contributed by atoms with van der Waals surface area (Å²) in [4.78, 5) is -0.442. The highest BCUT2D eigenvalue weighted by Crippen LogP contribution is 2.29. The van der Waals surface area contributed by atoms with Crippen LogP contribution >= 0.6 is 0 Å². The van der Waals surface area contributed by atoms with Crippen LogP contribution in [0.15, 0.2) is 33.6 Å². The summed E-state index contributed by atoms with van der Waals surface area (Å²) in [6.07, 6.45) is -4.13. The van der Waals surface area contributed by atoms with E-state index in [-0.39, 0.29) is 0 Å². The highest BCUT2D eigenvalue weighted by molar-refractivity contribution is 7.90. The van der Waals surface area contributed by atoms with Crippen molar-refractivity contribution in [1.82, 2.24) is 0 Å². The smallest absolute Gasteiger partial charge is 0.416 e. The molecule has 8 heteroatoms. The van der Waals surface area contributed by atoms with E-state index in [9.17, 15) is 26.7 Å². The number of hydrogen-bond donors (Lipinski definition) is 0. The zero-order chi connectivity index (χ0) is 15.6. The van der Waals surface area contributed by atoms with Gasteiger partial charge in [-0.15, -0.1) is 0 Å². The molecule has 0 fully saturated rings. The predicted octanol–water partition coefficient (Wildman–Crippen LogP) is 2.20. The van der Waals surface area contributed by atoms with Crippen LogP contribution < -0.4 is 5.11 Å². The van der Waals surface area contributed by atoms with E-state index in [1.165, 1.54) is 6.92 Å². The molecule has 0 heterocycles. The Morgan fingerprint density at radius 1 is 1.30 bits per heavy atom. The fourth-order valence-corrected chi connectivity index (χ4v) is 2.25. The van der Waals surface area contributed by atoms with Crippen LogP contribution in [0, 0.1) is 5.92 Å². The minimum atomic E-state index is -4.55. The van der Waals surface area contributed by atoms with E-state index in [4.69, 9.17) is 0 Å². The van der Waals surface area contributed by atoms with Crippen molar-refractivity contribution in [2.75, 3.05) is 0 Å². The zero-order valence-electron chi connectivity index (χ0n) is 10.8. The van der Waals surface area contributed by atoms with Crippen LogP contribution in [0.25, 0.3) is 0 Å². The molecule has 1 aromatic rings. The van der Waals surface area contributed by atoms with E-state index in [1.807, 2.05) is 0 Å². The van der Waals surface area contributed by atoms with Gasteiger partial charge >= 0.3 is 6.18 Å². The lowest BCUT2D eigenvalue weighted by atomic mass is 10.1. The predicted molar refractivity (Wildman–Crippen MR) is 65.5 cm³/mol. The Bertz CT molecular complexity index is 591. The Hall–Kier alpha value is -1.57. The molecule has 0 radical (unpaired) electrons. The molecule has 1 unspecified atom stereocenters. The van der Waals surface area contributed by atoms with E-state index in [0.29, 0.717) is 18.6 Å². The van der Waals surface area contributed by atoms with Gasteiger partial charge in [-0.25, -0.2) is 0 Å². The topological polar surface area (TPSA) is 69.6 Å². The molecule has 0 amide bonds. The van der Waals surface area contributed by atoms with Gasteiger partial charge in [0.2, 0.25) is 0 Å². The fourth-order valence-electron chi connectivity index (χ4n) is 1.25. The standard InChI is InChI=1S/C12H14F3NO3S/c1-3-8(2)11(17)16-20(18,19)10-6-4-9(5-7-10)12(13,14)15/h4-8H,3H2,1-2H3,(H,16,17)/p-1. The van der Waals surface area contributed by atoms with Gasteiger partial charge in [-0.2, -0.15) is 26.0 Å². The van der Waals surface area contributed by atoms with Gasteiger partial charge < -0.3 is 5.11 Å². The lowest BCUT2D eigenvalue weighted by molar-refractivity contribution is -0.222. The highest BCUT2D eigenvalue weighted by Gasteiger charge is 2.30. The lowest BCUT2D eigenvalue weighted by Crippen LogP contribution is -2.26. The highest BCUT2D eigenvalue weighted by atomic mass is 32.2. The molecular weight excluding hydrogens is 295 g/mol. The van der Waals surface area contributed by atoms with E-state index in [2.05, 4.69) is 4.40 Å². The SMILES string of the molecule is CCC(C)/C([O-])=N/S(=O)(=O)c1ccc(C(F)(F)F)cc1. The number of hydrogen-bond acceptors (Lipinski definition) is 3. The molecule has 20 heavy (non-hydrogen) atoms. The number of benzene rings is 1. The van der Waals surface area contributed by atoms with E-state index >= 15 is 0 Å². The first kappa shape index (κ1) is 16.5. The number of halogens is 3. The first-order valence-electron chi connectivity index (χ1n) is 5.77. The summed E-state index contributed by atoms with van der Waals surface area (Å²) in [5.74, 6) is -1.37. The largest absolute Gasteiger partial charge is 0.861 e. The number of alkyl halides is 3. The summed E-state index contributed by atoms with van der Waals surface area (Å²) < 4.78 is 63.7. The molecule has 0 aliphatic rings. The van der Waals surface area contributed by atoms with E-state index in [0.717, 1.165) is 12.1 Å². The van der Waals surface area contributed by atoms with Gasteiger partial charge in [-0.3, -0.25) is 0 Å². The second-order valence-electron chi connectivity index (χ2n) is 4.24. The average molecular weight is 308 g/mol. The molecule has 1 atom stereocenters. The number of sulfonamides is 1. The molecule has 0 saturated heterocycles. The Kier molecular flexibility index (Phi) is 4.80. The maximum atomic E-state index is 12.4. The number of nitrogens with zero attached hydrogens (tertiary/aromatic N) is 1. The van der Waals surface area contributed by atoms with Crippen LogP contribution in [-0.2, 0) is 16.2 Å². The van der Waals surface area contributed by atoms with Gasteiger partial charge in [0.05, 0.1) is 10.5 Å². The van der Waals surface area contributed by atoms with Crippen molar-refractivity contribution in [3.63, 3.8) is 0 Å². The van der Waals surface area contributed by atoms with Gasteiger partial charge in [-0.05, 0) is 42.5 Å². The van der Waals surface area contributed by atoms with Crippen LogP contribution in [0.4, 0.5) is 13.2 Å². The molecule has 0 aliphatic carbocycles. The summed E-state index contributed by atoms with van der Waals surface area (Å²) in [5.41, 5.74) is -0.968. The maximum Gasteiger partial charge on any atom is 0.416 e. The fraction of sp³-hybridized carbons (Fsp3) is 0.417. The van der Waals surface area contributed by atoms with Crippen LogP contribution in [0.1, 0.15) is 25.8 Å². The van der Waals surface area contributed by atoms with E-state index in [1.54, 1.807) is 6.92 Å². The van der Waals surface area contributed by atoms with Crippen molar-refractivity contribution in [2.45, 2.75) is 31.3 Å². The zero-order valence-corrected chi connectivity index (χ0v) is 11.6. The summed E-state index contributed by atoms with van der Waals surface area (Å²) >= 11 is 0. The monoisotopic (exact) mass is 308 g/mol. The molecule has 0 aliphatic heterocycles. The molecule has 0 bridgehead atoms. The minimum absolute atomic E-state index is 0.421. The summed E-state index contributed by atoms with van der Waals surface area (Å²) in [6, 6.07) is 2.84. The van der Waals surface area contributed by atoms with Crippen molar-refractivity contribution < 1.29 is 26.7 Å². The first-order chi connectivity index (χ1) is 9.08. The van der Waals surface area contributed by atoms with Crippen molar-refractivity contribution in [3.05, 3.63) is 29.8 Å². The third-order valence-corrected chi connectivity index (χ3v) is 4.01. The average Bonchev–Trinajstić information content (AvgIpc) is 2.36. The molecule has 4 nitrogen and oxygen atoms in total. The van der Waals surface area contributed by atoms with Crippen molar-refractivity contribution in [3.8, 4) is 0 Å². The van der Waals surface area contributed by atoms with E-state index < -0.39 is 38.5 Å². The van der Waals surface area contributed by atoms with Crippen molar-refractivity contribution in [1.29, 1.82) is 0 Å². The molecule has 1 rings (SSSR count). The second kappa shape index (κ2) is 5.82. The first-order valence-corrected chi connectivity index (χ1v) is 7.21. The second-order valence-corrected chi connectivity index (χ2v) is 5.84. The Balaban J connectivity index is 3.12. The van der Waals surface area contributed by atoms with Crippen LogP contribution in [0.3, 0.4) is 0 Å². The lowest BCUT2D eigenvalue weighted by Gasteiger charge is -2.16. The normalized spacial score (nSPS) is 15.2. The van der Waals surface area contributed by atoms with Crippen molar-refractivity contribution >= 4 is 15.9 Å². The summed E-state index contributed by atoms with van der Waals surface area (Å²) in [7, 11) is -4.27. The Morgan fingerprint density at radius 2 is 1.80 bits per heavy atom. The number of rotatable bonds is 4. The third kappa shape index (κ3) is 3.96. The Labute approximate surface area is 115 Å².